The molecular formula is C17H22N2O6. The van der Waals surface area contributed by atoms with Gasteiger partial charge in [-0.15, -0.1) is 0 Å². The van der Waals surface area contributed by atoms with Gasteiger partial charge in [0.05, 0.1) is 7.11 Å². The summed E-state index contributed by atoms with van der Waals surface area (Å²) in [6.07, 6.45) is 0.730. The van der Waals surface area contributed by atoms with Crippen molar-refractivity contribution in [2.75, 3.05) is 27.8 Å². The van der Waals surface area contributed by atoms with E-state index in [1.165, 1.54) is 12.0 Å². The molecular weight excluding hydrogens is 328 g/mol. The number of hydrogen-bond acceptors (Lipinski definition) is 5. The van der Waals surface area contributed by atoms with Gasteiger partial charge in [-0.2, -0.15) is 0 Å². The number of aliphatic carboxylic acids is 1. The number of nitrogens with zero attached hydrogens (tertiary/aromatic N) is 1. The molecule has 1 aromatic carbocycles. The van der Waals surface area contributed by atoms with E-state index >= 15 is 0 Å². The van der Waals surface area contributed by atoms with Gasteiger partial charge < -0.3 is 24.8 Å². The fraction of sp³-hybridized carbons (Fsp3) is 0.471. The van der Waals surface area contributed by atoms with E-state index < -0.39 is 17.3 Å². The summed E-state index contributed by atoms with van der Waals surface area (Å²) in [5, 5.41) is 11.7. The summed E-state index contributed by atoms with van der Waals surface area (Å²) in [5.74, 6) is -0.899. The Morgan fingerprint density at radius 3 is 2.44 bits per heavy atom. The van der Waals surface area contributed by atoms with E-state index in [0.29, 0.717) is 24.3 Å². The van der Waals surface area contributed by atoms with E-state index in [-0.39, 0.29) is 19.1 Å². The summed E-state index contributed by atoms with van der Waals surface area (Å²) in [6, 6.07) is 5.04. The standard InChI is InChI=1S/C17H22N2O6/c1-19(2)14(20)10-25-12-5-4-11(8-13(12)24-3)9-18-15(21)17(6-7-17)16(22)23/h4-5,8H,6-7,9-10H2,1-3H3,(H,18,21)(H,22,23). The van der Waals surface area contributed by atoms with E-state index in [4.69, 9.17) is 14.6 Å². The smallest absolute Gasteiger partial charge is 0.319 e. The molecule has 1 aliphatic rings. The monoisotopic (exact) mass is 350 g/mol. The molecule has 0 radical (unpaired) electrons. The quantitative estimate of drug-likeness (QED) is 0.667. The number of nitrogens with one attached hydrogen (secondary N) is 1. The average Bonchev–Trinajstić information content (AvgIpc) is 3.39. The zero-order chi connectivity index (χ0) is 18.6. The Hall–Kier alpha value is -2.77. The molecule has 0 saturated heterocycles. The first-order valence-electron chi connectivity index (χ1n) is 7.81. The molecule has 1 saturated carbocycles. The largest absolute Gasteiger partial charge is 0.493 e. The molecule has 0 aromatic heterocycles. The van der Waals surface area contributed by atoms with Gasteiger partial charge in [-0.25, -0.2) is 0 Å². The third-order valence-electron chi connectivity index (χ3n) is 4.13. The minimum atomic E-state index is -1.26. The van der Waals surface area contributed by atoms with Gasteiger partial charge in [0.1, 0.15) is 5.41 Å². The second kappa shape index (κ2) is 7.42. The lowest BCUT2D eigenvalue weighted by Crippen LogP contribution is -2.36. The number of likely N-dealkylation sites (N-methyl/N-ethyl adjacent to an activating group) is 1. The van der Waals surface area contributed by atoms with Crippen molar-refractivity contribution in [3.63, 3.8) is 0 Å². The lowest BCUT2D eigenvalue weighted by molar-refractivity contribution is -0.149. The number of carbonyl (C=O) groups is 3. The first-order chi connectivity index (χ1) is 11.8. The topological polar surface area (TPSA) is 105 Å². The van der Waals surface area contributed by atoms with Crippen LogP contribution < -0.4 is 14.8 Å². The van der Waals surface area contributed by atoms with Crippen LogP contribution in [0.4, 0.5) is 0 Å². The molecule has 8 nitrogen and oxygen atoms in total. The van der Waals surface area contributed by atoms with Gasteiger partial charge in [0, 0.05) is 20.6 Å². The third-order valence-corrected chi connectivity index (χ3v) is 4.13. The molecule has 0 aliphatic heterocycles. The van der Waals surface area contributed by atoms with Crippen LogP contribution in [0.5, 0.6) is 11.5 Å². The van der Waals surface area contributed by atoms with Gasteiger partial charge in [0.25, 0.3) is 5.91 Å². The van der Waals surface area contributed by atoms with Crippen molar-refractivity contribution in [1.82, 2.24) is 10.2 Å². The van der Waals surface area contributed by atoms with Crippen molar-refractivity contribution in [3.8, 4) is 11.5 Å². The summed E-state index contributed by atoms with van der Waals surface area (Å²) in [7, 11) is 4.75. The van der Waals surface area contributed by atoms with Crippen LogP contribution in [0.15, 0.2) is 18.2 Å². The normalized spacial score (nSPS) is 14.4. The Kier molecular flexibility index (Phi) is 5.51. The molecule has 2 rings (SSSR count). The van der Waals surface area contributed by atoms with E-state index in [1.54, 1.807) is 32.3 Å². The highest BCUT2D eigenvalue weighted by Crippen LogP contribution is 2.46. The summed E-state index contributed by atoms with van der Waals surface area (Å²) in [4.78, 5) is 36.1. The second-order valence-electron chi connectivity index (χ2n) is 6.13. The van der Waals surface area contributed by atoms with Gasteiger partial charge in [-0.3, -0.25) is 14.4 Å². The minimum Gasteiger partial charge on any atom is -0.493 e. The number of methoxy groups -OCH3 is 1. The molecule has 25 heavy (non-hydrogen) atoms. The molecule has 136 valence electrons. The fourth-order valence-corrected chi connectivity index (χ4v) is 2.22. The van der Waals surface area contributed by atoms with Crippen molar-refractivity contribution < 1.29 is 29.0 Å². The molecule has 0 unspecified atom stereocenters. The molecule has 1 fully saturated rings. The number of hydrogen-bond donors (Lipinski definition) is 2. The molecule has 0 spiro atoms. The van der Waals surface area contributed by atoms with Crippen molar-refractivity contribution in [2.45, 2.75) is 19.4 Å². The predicted octanol–water partition coefficient (Wildman–Crippen LogP) is 0.643. The first-order valence-corrected chi connectivity index (χ1v) is 7.81. The Morgan fingerprint density at radius 2 is 1.92 bits per heavy atom. The van der Waals surface area contributed by atoms with Crippen LogP contribution in [0, 0.1) is 5.41 Å². The fourth-order valence-electron chi connectivity index (χ4n) is 2.22. The first kappa shape index (κ1) is 18.6. The zero-order valence-electron chi connectivity index (χ0n) is 14.5. The summed E-state index contributed by atoms with van der Waals surface area (Å²) in [6.45, 7) is 0.0711. The Balaban J connectivity index is 1.97. The lowest BCUT2D eigenvalue weighted by Gasteiger charge is -2.15. The van der Waals surface area contributed by atoms with E-state index in [9.17, 15) is 14.4 Å². The van der Waals surface area contributed by atoms with Crippen LogP contribution in [-0.2, 0) is 20.9 Å². The molecule has 0 heterocycles. The minimum absolute atomic E-state index is 0.111. The van der Waals surface area contributed by atoms with E-state index in [1.807, 2.05) is 0 Å². The van der Waals surface area contributed by atoms with Gasteiger partial charge in [0.15, 0.2) is 18.1 Å². The van der Waals surface area contributed by atoms with Gasteiger partial charge in [-0.1, -0.05) is 6.07 Å². The predicted molar refractivity (Wildman–Crippen MR) is 88.3 cm³/mol. The number of amides is 2. The maximum atomic E-state index is 12.0. The van der Waals surface area contributed by atoms with Crippen molar-refractivity contribution >= 4 is 17.8 Å². The SMILES string of the molecule is COc1cc(CNC(=O)C2(C(=O)O)CC2)ccc1OCC(=O)N(C)C. The number of carbonyl (C=O) groups excluding carboxylic acids is 2. The van der Waals surface area contributed by atoms with Crippen LogP contribution in [-0.4, -0.2) is 55.6 Å². The maximum absolute atomic E-state index is 12.0. The summed E-state index contributed by atoms with van der Waals surface area (Å²) < 4.78 is 10.7. The molecule has 1 aliphatic carbocycles. The highest BCUT2D eigenvalue weighted by Gasteiger charge is 2.56. The summed E-state index contributed by atoms with van der Waals surface area (Å²) in [5.41, 5.74) is -0.530. The van der Waals surface area contributed by atoms with Crippen molar-refractivity contribution in [3.05, 3.63) is 23.8 Å². The average molecular weight is 350 g/mol. The Bertz CT molecular complexity index is 682. The highest BCUT2D eigenvalue weighted by molar-refractivity contribution is 6.04. The molecule has 2 N–H and O–H groups in total. The number of ether oxygens (including phenoxy) is 2. The van der Waals surface area contributed by atoms with Crippen LogP contribution in [0.1, 0.15) is 18.4 Å². The second-order valence-corrected chi connectivity index (χ2v) is 6.13. The van der Waals surface area contributed by atoms with Gasteiger partial charge >= 0.3 is 5.97 Å². The van der Waals surface area contributed by atoms with Crippen LogP contribution in [0.25, 0.3) is 0 Å². The zero-order valence-corrected chi connectivity index (χ0v) is 14.5. The number of carboxylic acids is 1. The third kappa shape index (κ3) is 4.20. The maximum Gasteiger partial charge on any atom is 0.319 e. The van der Waals surface area contributed by atoms with E-state index in [2.05, 4.69) is 5.32 Å². The van der Waals surface area contributed by atoms with Crippen LogP contribution in [0.2, 0.25) is 0 Å². The summed E-state index contributed by atoms with van der Waals surface area (Å²) >= 11 is 0. The molecule has 2 amide bonds. The van der Waals surface area contributed by atoms with E-state index in [0.717, 1.165) is 5.56 Å². The number of benzene rings is 1. The Morgan fingerprint density at radius 1 is 1.24 bits per heavy atom. The van der Waals surface area contributed by atoms with Gasteiger partial charge in [-0.05, 0) is 30.5 Å². The number of carboxylic acid groups (broad SMARTS) is 1. The van der Waals surface area contributed by atoms with Crippen LogP contribution in [0.3, 0.4) is 0 Å². The van der Waals surface area contributed by atoms with Crippen molar-refractivity contribution in [2.24, 2.45) is 5.41 Å². The molecule has 0 atom stereocenters. The number of rotatable bonds is 8. The highest BCUT2D eigenvalue weighted by atomic mass is 16.5. The molecule has 1 aromatic rings. The molecule has 0 bridgehead atoms. The van der Waals surface area contributed by atoms with Gasteiger partial charge in [0.2, 0.25) is 5.91 Å². The van der Waals surface area contributed by atoms with Crippen molar-refractivity contribution in [1.29, 1.82) is 0 Å². The Labute approximate surface area is 145 Å². The lowest BCUT2D eigenvalue weighted by atomic mass is 10.1. The molecule has 8 heteroatoms. The van der Waals surface area contributed by atoms with Crippen LogP contribution >= 0.6 is 0 Å².